The van der Waals surface area contributed by atoms with E-state index in [0.717, 1.165) is 55.5 Å². The number of aromatic nitrogens is 1. The van der Waals surface area contributed by atoms with Crippen LogP contribution in [0.3, 0.4) is 0 Å². The van der Waals surface area contributed by atoms with Gasteiger partial charge in [0.05, 0.1) is 5.56 Å². The van der Waals surface area contributed by atoms with Crippen molar-refractivity contribution in [1.82, 2.24) is 14.8 Å². The van der Waals surface area contributed by atoms with Gasteiger partial charge in [0.25, 0.3) is 5.91 Å². The molecule has 0 bridgehead atoms. The highest BCUT2D eigenvalue weighted by Gasteiger charge is 2.22. The molecule has 0 spiro atoms. The van der Waals surface area contributed by atoms with Crippen LogP contribution in [0.4, 0.5) is 0 Å². The first-order chi connectivity index (χ1) is 13.7. The number of carbonyl (C=O) groups is 1. The highest BCUT2D eigenvalue weighted by atomic mass is 16.1. The van der Waals surface area contributed by atoms with Crippen molar-refractivity contribution in [2.45, 2.75) is 38.8 Å². The predicted octanol–water partition coefficient (Wildman–Crippen LogP) is 4.29. The lowest BCUT2D eigenvalue weighted by Crippen LogP contribution is -2.44. The molecular weight excluding hydrogens is 346 g/mol. The normalized spacial score (nSPS) is 15.8. The lowest BCUT2D eigenvalue weighted by Gasteiger charge is -2.32. The van der Waals surface area contributed by atoms with Gasteiger partial charge in [-0.15, -0.1) is 0 Å². The Labute approximate surface area is 167 Å². The van der Waals surface area contributed by atoms with Gasteiger partial charge in [0.2, 0.25) is 0 Å². The molecule has 4 rings (SSSR count). The Morgan fingerprint density at radius 3 is 2.50 bits per heavy atom. The quantitative estimate of drug-likeness (QED) is 0.698. The highest BCUT2D eigenvalue weighted by molar-refractivity contribution is 6.07. The van der Waals surface area contributed by atoms with Crippen molar-refractivity contribution in [1.29, 1.82) is 0 Å². The number of hydrogen-bond donors (Lipinski definition) is 1. The zero-order valence-electron chi connectivity index (χ0n) is 16.6. The number of nitrogens with zero attached hydrogens (tertiary/aromatic N) is 2. The van der Waals surface area contributed by atoms with E-state index in [1.165, 1.54) is 12.0 Å². The van der Waals surface area contributed by atoms with E-state index in [0.29, 0.717) is 0 Å². The predicted molar refractivity (Wildman–Crippen MR) is 115 cm³/mol. The third-order valence-electron chi connectivity index (χ3n) is 5.69. The van der Waals surface area contributed by atoms with E-state index in [9.17, 15) is 4.79 Å². The molecule has 1 amide bonds. The number of piperidine rings is 1. The summed E-state index contributed by atoms with van der Waals surface area (Å²) in [4.78, 5) is 15.6. The maximum atomic E-state index is 13.1. The molecule has 3 aromatic rings. The molecule has 2 aromatic carbocycles. The molecule has 28 heavy (non-hydrogen) atoms. The minimum Gasteiger partial charge on any atom is -0.349 e. The van der Waals surface area contributed by atoms with E-state index in [-0.39, 0.29) is 11.9 Å². The van der Waals surface area contributed by atoms with Crippen molar-refractivity contribution in [3.05, 3.63) is 71.9 Å². The fourth-order valence-electron chi connectivity index (χ4n) is 4.22. The van der Waals surface area contributed by atoms with E-state index >= 15 is 0 Å². The molecule has 2 heterocycles. The van der Waals surface area contributed by atoms with Crippen molar-refractivity contribution in [3.63, 3.8) is 0 Å². The Bertz CT molecular complexity index is 923. The summed E-state index contributed by atoms with van der Waals surface area (Å²) < 4.78 is 2.18. The van der Waals surface area contributed by atoms with Crippen LogP contribution < -0.4 is 5.32 Å². The van der Waals surface area contributed by atoms with Crippen molar-refractivity contribution in [2.24, 2.45) is 0 Å². The van der Waals surface area contributed by atoms with E-state index in [2.05, 4.69) is 58.1 Å². The zero-order valence-corrected chi connectivity index (χ0v) is 16.6. The summed E-state index contributed by atoms with van der Waals surface area (Å²) in [7, 11) is 0. The van der Waals surface area contributed by atoms with Gasteiger partial charge in [0.1, 0.15) is 0 Å². The second-order valence-electron chi connectivity index (χ2n) is 7.76. The largest absolute Gasteiger partial charge is 0.349 e. The third-order valence-corrected chi connectivity index (χ3v) is 5.69. The summed E-state index contributed by atoms with van der Waals surface area (Å²) in [5, 5.41) is 4.32. The Morgan fingerprint density at radius 1 is 1.04 bits per heavy atom. The van der Waals surface area contributed by atoms with Crippen LogP contribution >= 0.6 is 0 Å². The lowest BCUT2D eigenvalue weighted by molar-refractivity contribution is 0.0912. The number of nitrogens with one attached hydrogen (secondary N) is 1. The number of rotatable bonds is 6. The van der Waals surface area contributed by atoms with Gasteiger partial charge in [-0.3, -0.25) is 4.79 Å². The molecule has 146 valence electrons. The summed E-state index contributed by atoms with van der Waals surface area (Å²) in [6.07, 6.45) is 5.28. The minimum absolute atomic E-state index is 0.0527. The van der Waals surface area contributed by atoms with Crippen molar-refractivity contribution < 1.29 is 4.79 Å². The van der Waals surface area contributed by atoms with Crippen LogP contribution in [0.15, 0.2) is 60.8 Å². The second kappa shape index (κ2) is 8.61. The summed E-state index contributed by atoms with van der Waals surface area (Å²) in [5.74, 6) is 0.0527. The third kappa shape index (κ3) is 4.12. The number of fused-ring (bicyclic) bond motifs is 1. The van der Waals surface area contributed by atoms with Gasteiger partial charge in [-0.2, -0.15) is 0 Å². The average Bonchev–Trinajstić information content (AvgIpc) is 3.09. The summed E-state index contributed by atoms with van der Waals surface area (Å²) >= 11 is 0. The molecule has 0 unspecified atom stereocenters. The molecule has 1 saturated heterocycles. The molecular formula is C24H29N3O. The Kier molecular flexibility index (Phi) is 5.77. The fourth-order valence-corrected chi connectivity index (χ4v) is 4.22. The Morgan fingerprint density at radius 2 is 1.75 bits per heavy atom. The molecule has 4 nitrogen and oxygen atoms in total. The molecule has 1 fully saturated rings. The lowest BCUT2D eigenvalue weighted by atomic mass is 10.0. The van der Waals surface area contributed by atoms with E-state index in [4.69, 9.17) is 0 Å². The highest BCUT2D eigenvalue weighted by Crippen LogP contribution is 2.23. The van der Waals surface area contributed by atoms with Gasteiger partial charge in [-0.05, 0) is 37.4 Å². The Balaban J connectivity index is 1.51. The van der Waals surface area contributed by atoms with Crippen LogP contribution in [-0.2, 0) is 6.54 Å². The zero-order chi connectivity index (χ0) is 19.3. The fraction of sp³-hybridized carbons (Fsp3) is 0.375. The van der Waals surface area contributed by atoms with Gasteiger partial charge >= 0.3 is 0 Å². The molecule has 1 aliphatic heterocycles. The first kappa shape index (κ1) is 18.8. The smallest absolute Gasteiger partial charge is 0.253 e. The topological polar surface area (TPSA) is 37.3 Å². The van der Waals surface area contributed by atoms with Gasteiger partial charge in [0, 0.05) is 42.8 Å². The number of benzene rings is 2. The van der Waals surface area contributed by atoms with E-state index in [1.807, 2.05) is 24.4 Å². The molecule has 0 saturated carbocycles. The average molecular weight is 376 g/mol. The summed E-state index contributed by atoms with van der Waals surface area (Å²) in [6, 6.07) is 18.9. The van der Waals surface area contributed by atoms with E-state index in [1.54, 1.807) is 0 Å². The summed E-state index contributed by atoms with van der Waals surface area (Å²) in [6.45, 7) is 6.31. The van der Waals surface area contributed by atoms with Crippen LogP contribution in [0.1, 0.15) is 42.1 Å². The minimum atomic E-state index is 0.0527. The second-order valence-corrected chi connectivity index (χ2v) is 7.76. The number of para-hydroxylation sites is 1. The van der Waals surface area contributed by atoms with Crippen LogP contribution in [0.2, 0.25) is 0 Å². The van der Waals surface area contributed by atoms with Crippen molar-refractivity contribution in [2.75, 3.05) is 19.6 Å². The number of carbonyl (C=O) groups excluding carboxylic acids is 1. The van der Waals surface area contributed by atoms with Gasteiger partial charge in [-0.1, -0.05) is 55.5 Å². The first-order valence-corrected chi connectivity index (χ1v) is 10.4. The molecule has 4 heteroatoms. The maximum Gasteiger partial charge on any atom is 0.253 e. The van der Waals surface area contributed by atoms with Gasteiger partial charge in [-0.25, -0.2) is 0 Å². The first-order valence-electron chi connectivity index (χ1n) is 10.4. The van der Waals surface area contributed by atoms with Crippen molar-refractivity contribution >= 4 is 16.8 Å². The number of amides is 1. The standard InChI is InChI=1S/C24H29N3O/c1-2-14-26-15-12-20(13-16-26)25-24(28)22-18-27(17-19-8-4-3-5-9-19)23-11-7-6-10-21(22)23/h3-11,18,20H,2,12-17H2,1H3,(H,25,28). The van der Waals surface area contributed by atoms with Crippen LogP contribution in [-0.4, -0.2) is 41.1 Å². The molecule has 0 aliphatic carbocycles. The van der Waals surface area contributed by atoms with Gasteiger partial charge < -0.3 is 14.8 Å². The Hall–Kier alpha value is -2.59. The molecule has 0 radical (unpaired) electrons. The van der Waals surface area contributed by atoms with Crippen LogP contribution in [0, 0.1) is 0 Å². The number of hydrogen-bond acceptors (Lipinski definition) is 2. The maximum absolute atomic E-state index is 13.1. The molecule has 1 aliphatic rings. The monoisotopic (exact) mass is 375 g/mol. The van der Waals surface area contributed by atoms with Crippen LogP contribution in [0.5, 0.6) is 0 Å². The summed E-state index contributed by atoms with van der Waals surface area (Å²) in [5.41, 5.74) is 3.12. The van der Waals surface area contributed by atoms with Gasteiger partial charge in [0.15, 0.2) is 0 Å². The molecule has 1 N–H and O–H groups in total. The molecule has 0 atom stereocenters. The van der Waals surface area contributed by atoms with Crippen molar-refractivity contribution in [3.8, 4) is 0 Å². The van der Waals surface area contributed by atoms with E-state index < -0.39 is 0 Å². The number of likely N-dealkylation sites (tertiary alicyclic amines) is 1. The van der Waals surface area contributed by atoms with Crippen LogP contribution in [0.25, 0.3) is 10.9 Å². The molecule has 1 aromatic heterocycles. The SMILES string of the molecule is CCCN1CCC(NC(=O)c2cn(Cc3ccccc3)c3ccccc23)CC1.